The van der Waals surface area contributed by atoms with Gasteiger partial charge >= 0.3 is 6.09 Å². The summed E-state index contributed by atoms with van der Waals surface area (Å²) < 4.78 is 11.7. The predicted molar refractivity (Wildman–Crippen MR) is 73.0 cm³/mol. The highest BCUT2D eigenvalue weighted by atomic mass is 35.5. The molecule has 0 atom stereocenters. The first-order valence-corrected chi connectivity index (χ1v) is 6.42. The number of nitrogens with zero attached hydrogens (tertiary/aromatic N) is 2. The Morgan fingerprint density at radius 3 is 2.58 bits per heavy atom. The van der Waals surface area contributed by atoms with E-state index in [0.29, 0.717) is 19.1 Å². The van der Waals surface area contributed by atoms with Gasteiger partial charge in [0.25, 0.3) is 6.01 Å². The van der Waals surface area contributed by atoms with Gasteiger partial charge in [-0.3, -0.25) is 4.57 Å². The van der Waals surface area contributed by atoms with E-state index in [-0.39, 0.29) is 10.3 Å². The average Bonchev–Trinajstić information content (AvgIpc) is 2.54. The molecule has 0 bridgehead atoms. The smallest absolute Gasteiger partial charge is 0.407 e. The van der Waals surface area contributed by atoms with Crippen molar-refractivity contribution in [1.29, 1.82) is 0 Å². The molecule has 0 aromatic carbocycles. The van der Waals surface area contributed by atoms with Crippen LogP contribution in [0.4, 0.5) is 4.79 Å². The summed E-state index contributed by atoms with van der Waals surface area (Å²) >= 11 is 11.7. The first kappa shape index (κ1) is 15.9. The summed E-state index contributed by atoms with van der Waals surface area (Å²) in [6.45, 7) is 6.07. The van der Waals surface area contributed by atoms with E-state index in [1.807, 2.05) is 0 Å². The van der Waals surface area contributed by atoms with Gasteiger partial charge in [0.05, 0.1) is 7.11 Å². The van der Waals surface area contributed by atoms with Gasteiger partial charge in [0.15, 0.2) is 10.3 Å². The Hall–Kier alpha value is -1.14. The molecule has 6 nitrogen and oxygen atoms in total. The van der Waals surface area contributed by atoms with E-state index in [4.69, 9.17) is 32.7 Å². The fourth-order valence-electron chi connectivity index (χ4n) is 1.32. The molecule has 1 N–H and O–H groups in total. The monoisotopic (exact) mass is 309 g/mol. The van der Waals surface area contributed by atoms with Crippen molar-refractivity contribution in [3.05, 3.63) is 10.3 Å². The van der Waals surface area contributed by atoms with Gasteiger partial charge in [-0.25, -0.2) is 4.79 Å². The van der Waals surface area contributed by atoms with Crippen molar-refractivity contribution in [1.82, 2.24) is 14.9 Å². The number of halogens is 2. The molecule has 1 aromatic heterocycles. The number of rotatable bonds is 4. The van der Waals surface area contributed by atoms with Crippen LogP contribution in [-0.2, 0) is 11.3 Å². The van der Waals surface area contributed by atoms with Gasteiger partial charge in [0.1, 0.15) is 5.60 Å². The molecule has 19 heavy (non-hydrogen) atoms. The Bertz CT molecular complexity index is 455. The van der Waals surface area contributed by atoms with E-state index in [1.165, 1.54) is 7.11 Å². The number of nitrogens with one attached hydrogen (secondary N) is 1. The molecule has 1 rings (SSSR count). The lowest BCUT2D eigenvalue weighted by Crippen LogP contribution is -2.34. The number of aromatic nitrogens is 2. The lowest BCUT2D eigenvalue weighted by Gasteiger charge is -2.19. The third-order valence-electron chi connectivity index (χ3n) is 2.02. The van der Waals surface area contributed by atoms with Gasteiger partial charge in [-0.2, -0.15) is 4.98 Å². The normalized spacial score (nSPS) is 11.3. The molecular formula is C11H17Cl2N3O3. The fraction of sp³-hybridized carbons (Fsp3) is 0.636. The van der Waals surface area contributed by atoms with Crippen LogP contribution in [-0.4, -0.2) is 34.9 Å². The third kappa shape index (κ3) is 4.80. The number of hydrogen-bond donors (Lipinski definition) is 1. The van der Waals surface area contributed by atoms with Crippen LogP contribution in [0.15, 0.2) is 0 Å². The second-order valence-corrected chi connectivity index (χ2v) is 5.48. The topological polar surface area (TPSA) is 65.4 Å². The molecule has 0 saturated carbocycles. The molecule has 1 aromatic rings. The zero-order chi connectivity index (χ0) is 14.6. The number of carbonyl (C=O) groups excluding carboxylic acids is 1. The van der Waals surface area contributed by atoms with Gasteiger partial charge in [-0.15, -0.1) is 0 Å². The standard InChI is InChI=1S/C11H17Cl2N3O3/c1-11(2,3)19-10(17)14-5-6-16-8(13)7(12)15-9(16)18-4/h5-6H2,1-4H3,(H,14,17). The first-order valence-electron chi connectivity index (χ1n) is 5.67. The van der Waals surface area contributed by atoms with Crippen molar-refractivity contribution < 1.29 is 14.3 Å². The summed E-state index contributed by atoms with van der Waals surface area (Å²) in [4.78, 5) is 15.4. The van der Waals surface area contributed by atoms with Crippen molar-refractivity contribution in [3.63, 3.8) is 0 Å². The predicted octanol–water partition coefficient (Wildman–Crippen LogP) is 2.72. The zero-order valence-corrected chi connectivity index (χ0v) is 12.8. The molecule has 0 fully saturated rings. The van der Waals surface area contributed by atoms with Gasteiger partial charge < -0.3 is 14.8 Å². The highest BCUT2D eigenvalue weighted by Crippen LogP contribution is 2.26. The highest BCUT2D eigenvalue weighted by Gasteiger charge is 2.17. The molecule has 8 heteroatoms. The van der Waals surface area contributed by atoms with Crippen LogP contribution in [0.5, 0.6) is 6.01 Å². The second-order valence-electron chi connectivity index (χ2n) is 4.76. The molecule has 0 aliphatic carbocycles. The van der Waals surface area contributed by atoms with E-state index in [1.54, 1.807) is 25.3 Å². The number of ether oxygens (including phenoxy) is 2. The van der Waals surface area contributed by atoms with Crippen LogP contribution in [0.1, 0.15) is 20.8 Å². The van der Waals surface area contributed by atoms with Crippen molar-refractivity contribution >= 4 is 29.3 Å². The molecule has 0 aliphatic rings. The van der Waals surface area contributed by atoms with Crippen LogP contribution in [0.25, 0.3) is 0 Å². The van der Waals surface area contributed by atoms with E-state index >= 15 is 0 Å². The summed E-state index contributed by atoms with van der Waals surface area (Å²) in [5, 5.41) is 3.04. The lowest BCUT2D eigenvalue weighted by molar-refractivity contribution is 0.0525. The Morgan fingerprint density at radius 1 is 1.42 bits per heavy atom. The number of alkyl carbamates (subject to hydrolysis) is 1. The number of methoxy groups -OCH3 is 1. The van der Waals surface area contributed by atoms with E-state index in [0.717, 1.165) is 0 Å². The highest BCUT2D eigenvalue weighted by molar-refractivity contribution is 6.40. The Morgan fingerprint density at radius 2 is 2.05 bits per heavy atom. The summed E-state index contributed by atoms with van der Waals surface area (Å²) in [5.41, 5.74) is -0.530. The number of carbonyl (C=O) groups is 1. The molecule has 0 saturated heterocycles. The van der Waals surface area contributed by atoms with Crippen molar-refractivity contribution in [2.24, 2.45) is 0 Å². The summed E-state index contributed by atoms with van der Waals surface area (Å²) in [6, 6.07) is 0.293. The number of imidazole rings is 1. The van der Waals surface area contributed by atoms with E-state index < -0.39 is 11.7 Å². The minimum atomic E-state index is -0.530. The van der Waals surface area contributed by atoms with Gasteiger partial charge in [-0.1, -0.05) is 23.2 Å². The minimum Gasteiger partial charge on any atom is -0.468 e. The molecule has 0 radical (unpaired) electrons. The van der Waals surface area contributed by atoms with Gasteiger partial charge in [0.2, 0.25) is 0 Å². The number of hydrogen-bond acceptors (Lipinski definition) is 4. The second kappa shape index (κ2) is 6.34. The molecule has 0 unspecified atom stereocenters. The molecule has 0 spiro atoms. The third-order valence-corrected chi connectivity index (χ3v) is 2.76. The van der Waals surface area contributed by atoms with Crippen LogP contribution < -0.4 is 10.1 Å². The summed E-state index contributed by atoms with van der Waals surface area (Å²) in [5.74, 6) is 0. The lowest BCUT2D eigenvalue weighted by atomic mass is 10.2. The van der Waals surface area contributed by atoms with Crippen LogP contribution in [0.2, 0.25) is 10.3 Å². The Balaban J connectivity index is 2.52. The van der Waals surface area contributed by atoms with Crippen molar-refractivity contribution in [3.8, 4) is 6.01 Å². The maximum absolute atomic E-state index is 11.4. The molecule has 0 aliphatic heterocycles. The van der Waals surface area contributed by atoms with Crippen molar-refractivity contribution in [2.75, 3.05) is 13.7 Å². The summed E-state index contributed by atoms with van der Waals surface area (Å²) in [6.07, 6.45) is -0.492. The van der Waals surface area contributed by atoms with E-state index in [2.05, 4.69) is 10.3 Å². The average molecular weight is 310 g/mol. The van der Waals surface area contributed by atoms with Gasteiger partial charge in [-0.05, 0) is 20.8 Å². The zero-order valence-electron chi connectivity index (χ0n) is 11.3. The molecular weight excluding hydrogens is 293 g/mol. The Labute approximate surface area is 122 Å². The quantitative estimate of drug-likeness (QED) is 0.928. The first-order chi connectivity index (χ1) is 8.74. The molecule has 1 amide bonds. The van der Waals surface area contributed by atoms with Gasteiger partial charge in [0, 0.05) is 13.1 Å². The SMILES string of the molecule is COc1nc(Cl)c(Cl)n1CCNC(=O)OC(C)(C)C. The summed E-state index contributed by atoms with van der Waals surface area (Å²) in [7, 11) is 1.47. The maximum Gasteiger partial charge on any atom is 0.407 e. The van der Waals surface area contributed by atoms with Crippen molar-refractivity contribution in [2.45, 2.75) is 32.9 Å². The molecule has 1 heterocycles. The van der Waals surface area contributed by atoms with E-state index in [9.17, 15) is 4.79 Å². The van der Waals surface area contributed by atoms with Crippen LogP contribution in [0, 0.1) is 0 Å². The largest absolute Gasteiger partial charge is 0.468 e. The minimum absolute atomic E-state index is 0.163. The Kier molecular flexibility index (Phi) is 5.31. The number of amides is 1. The fourth-order valence-corrected chi connectivity index (χ4v) is 1.69. The van der Waals surface area contributed by atoms with Crippen LogP contribution in [0.3, 0.4) is 0 Å². The van der Waals surface area contributed by atoms with Crippen LogP contribution >= 0.6 is 23.2 Å². The molecule has 108 valence electrons. The maximum atomic E-state index is 11.4.